The molecule has 3 heterocycles. The molecule has 0 atom stereocenters. The van der Waals surface area contributed by atoms with E-state index in [1.165, 1.54) is 29.2 Å². The molecule has 0 saturated heterocycles. The highest BCUT2D eigenvalue weighted by Gasteiger charge is 2.15. The molecule has 0 fully saturated rings. The number of thiophene rings is 1. The average Bonchev–Trinajstić information content (AvgIpc) is 3.22. The first-order valence-corrected chi connectivity index (χ1v) is 12.0. The lowest BCUT2D eigenvalue weighted by Crippen LogP contribution is -2.08. The van der Waals surface area contributed by atoms with Crippen LogP contribution >= 0.6 is 23.1 Å². The molecule has 0 amide bonds. The number of ether oxygens (including phenoxy) is 1. The van der Waals surface area contributed by atoms with Crippen molar-refractivity contribution in [3.63, 3.8) is 0 Å². The second-order valence-electron chi connectivity index (χ2n) is 7.77. The molecule has 0 aliphatic rings. The monoisotopic (exact) mass is 488 g/mol. The van der Waals surface area contributed by atoms with Gasteiger partial charge in [-0.1, -0.05) is 25.6 Å². The summed E-state index contributed by atoms with van der Waals surface area (Å²) in [6.45, 7) is 5.82. The molecule has 1 aromatic carbocycles. The number of halogens is 2. The number of aromatic nitrogens is 4. The second kappa shape index (κ2) is 9.56. The fourth-order valence-corrected chi connectivity index (χ4v) is 5.22. The molecule has 4 rings (SSSR count). The highest BCUT2D eigenvalue weighted by atomic mass is 32.2. The van der Waals surface area contributed by atoms with Crippen LogP contribution in [0.15, 0.2) is 40.3 Å². The Bertz CT molecular complexity index is 1370. The predicted octanol–water partition coefficient (Wildman–Crippen LogP) is 6.11. The third-order valence-corrected chi connectivity index (χ3v) is 7.20. The number of H-pyrrole nitrogens is 1. The average molecular weight is 489 g/mol. The van der Waals surface area contributed by atoms with Crippen molar-refractivity contribution in [2.24, 2.45) is 0 Å². The van der Waals surface area contributed by atoms with Crippen molar-refractivity contribution in [1.29, 1.82) is 0 Å². The van der Waals surface area contributed by atoms with Crippen molar-refractivity contribution >= 4 is 33.3 Å². The van der Waals surface area contributed by atoms with Crippen LogP contribution in [-0.2, 0) is 5.75 Å². The minimum absolute atomic E-state index is 0.183. The molecule has 0 aliphatic carbocycles. The summed E-state index contributed by atoms with van der Waals surface area (Å²) in [5.74, 6) is 1.80. The zero-order chi connectivity index (χ0) is 23.7. The van der Waals surface area contributed by atoms with E-state index in [0.717, 1.165) is 16.0 Å². The van der Waals surface area contributed by atoms with Crippen LogP contribution in [0.4, 0.5) is 8.78 Å². The Balaban J connectivity index is 1.67. The highest BCUT2D eigenvalue weighted by molar-refractivity contribution is 7.98. The van der Waals surface area contributed by atoms with Crippen molar-refractivity contribution in [1.82, 2.24) is 19.9 Å². The number of fused-ring (bicyclic) bond motifs is 1. The number of methoxy groups -OCH3 is 1. The smallest absolute Gasteiger partial charge is 0.280 e. The Labute approximate surface area is 197 Å². The molecule has 0 bridgehead atoms. The summed E-state index contributed by atoms with van der Waals surface area (Å²) in [5, 5.41) is 0.855. The number of nitrogens with zero attached hydrogens (tertiary/aromatic N) is 3. The van der Waals surface area contributed by atoms with Crippen molar-refractivity contribution < 1.29 is 13.5 Å². The van der Waals surface area contributed by atoms with Gasteiger partial charge in [-0.3, -0.25) is 4.79 Å². The van der Waals surface area contributed by atoms with Crippen LogP contribution in [0.2, 0.25) is 0 Å². The maximum absolute atomic E-state index is 13.1. The number of thioether (sulfide) groups is 1. The van der Waals surface area contributed by atoms with E-state index < -0.39 is 6.43 Å². The van der Waals surface area contributed by atoms with Gasteiger partial charge in [0.25, 0.3) is 12.0 Å². The van der Waals surface area contributed by atoms with Gasteiger partial charge in [0.1, 0.15) is 22.1 Å². The fraction of sp³-hybridized carbons (Fsp3) is 0.304. The second-order valence-corrected chi connectivity index (χ2v) is 9.77. The van der Waals surface area contributed by atoms with E-state index in [9.17, 15) is 13.6 Å². The third kappa shape index (κ3) is 5.06. The van der Waals surface area contributed by atoms with Crippen LogP contribution in [0.1, 0.15) is 48.0 Å². The summed E-state index contributed by atoms with van der Waals surface area (Å²) in [5.41, 5.74) is 1.54. The minimum atomic E-state index is -2.66. The molecule has 1 N–H and O–H groups in total. The van der Waals surface area contributed by atoms with E-state index in [-0.39, 0.29) is 16.4 Å². The summed E-state index contributed by atoms with van der Waals surface area (Å²) < 4.78 is 31.6. The molecule has 0 saturated carbocycles. The Hall–Kier alpha value is -2.85. The van der Waals surface area contributed by atoms with Gasteiger partial charge in [0.15, 0.2) is 5.16 Å². The largest absolute Gasteiger partial charge is 0.496 e. The fourth-order valence-electron chi connectivity index (χ4n) is 3.29. The zero-order valence-corrected chi connectivity index (χ0v) is 20.1. The summed E-state index contributed by atoms with van der Waals surface area (Å²) >= 11 is 2.75. The van der Waals surface area contributed by atoms with Gasteiger partial charge in [-0.25, -0.2) is 23.7 Å². The van der Waals surface area contributed by atoms with Crippen molar-refractivity contribution in [3.05, 3.63) is 62.5 Å². The molecule has 172 valence electrons. The Morgan fingerprint density at radius 2 is 1.94 bits per heavy atom. The number of alkyl halides is 2. The lowest BCUT2D eigenvalue weighted by atomic mass is 10.1. The van der Waals surface area contributed by atoms with E-state index in [1.807, 2.05) is 18.2 Å². The summed E-state index contributed by atoms with van der Waals surface area (Å²) in [4.78, 5) is 30.2. The van der Waals surface area contributed by atoms with Crippen molar-refractivity contribution in [2.75, 3.05) is 7.11 Å². The SMILES string of the molecule is COc1ccc(-c2nc3sc(C(C)C)cc3c(=O)[nH]2)cc1CSc1nc(C)cc(C(F)F)n1. The molecule has 6 nitrogen and oxygen atoms in total. The highest BCUT2D eigenvalue weighted by Crippen LogP contribution is 2.32. The first-order chi connectivity index (χ1) is 15.7. The van der Waals surface area contributed by atoms with Crippen LogP contribution < -0.4 is 10.3 Å². The number of nitrogens with one attached hydrogen (secondary N) is 1. The number of aryl methyl sites for hydroxylation is 1. The number of rotatable bonds is 7. The Morgan fingerprint density at radius 1 is 1.15 bits per heavy atom. The van der Waals surface area contributed by atoms with Gasteiger partial charge in [-0.15, -0.1) is 11.3 Å². The maximum atomic E-state index is 13.1. The molecule has 0 radical (unpaired) electrons. The van der Waals surface area contributed by atoms with E-state index in [0.29, 0.717) is 39.2 Å². The molecule has 4 aromatic rings. The van der Waals surface area contributed by atoms with Gasteiger partial charge < -0.3 is 9.72 Å². The van der Waals surface area contributed by atoms with E-state index in [1.54, 1.807) is 20.1 Å². The maximum Gasteiger partial charge on any atom is 0.280 e. The topological polar surface area (TPSA) is 80.8 Å². The quantitative estimate of drug-likeness (QED) is 0.250. The Kier molecular flexibility index (Phi) is 6.76. The first kappa shape index (κ1) is 23.3. The van der Waals surface area contributed by atoms with Gasteiger partial charge >= 0.3 is 0 Å². The number of benzene rings is 1. The van der Waals surface area contributed by atoms with Crippen LogP contribution in [0, 0.1) is 6.92 Å². The van der Waals surface area contributed by atoms with Crippen LogP contribution in [0.3, 0.4) is 0 Å². The van der Waals surface area contributed by atoms with Crippen molar-refractivity contribution in [3.8, 4) is 17.1 Å². The van der Waals surface area contributed by atoms with Crippen LogP contribution in [0.25, 0.3) is 21.6 Å². The molecule has 33 heavy (non-hydrogen) atoms. The zero-order valence-electron chi connectivity index (χ0n) is 18.5. The molecule has 10 heteroatoms. The summed E-state index contributed by atoms with van der Waals surface area (Å²) in [6, 6.07) is 8.67. The first-order valence-electron chi connectivity index (χ1n) is 10.2. The molecular formula is C23H22F2N4O2S2. The lowest BCUT2D eigenvalue weighted by molar-refractivity contribution is 0.145. The van der Waals surface area contributed by atoms with Crippen LogP contribution in [0.5, 0.6) is 5.75 Å². The van der Waals surface area contributed by atoms with Crippen LogP contribution in [-0.4, -0.2) is 27.0 Å². The molecule has 0 spiro atoms. The number of hydrogen-bond donors (Lipinski definition) is 1. The van der Waals surface area contributed by atoms with Gasteiger partial charge in [-0.05, 0) is 43.2 Å². The predicted molar refractivity (Wildman–Crippen MR) is 128 cm³/mol. The van der Waals surface area contributed by atoms with Crippen molar-refractivity contribution in [2.45, 2.75) is 44.0 Å². The number of aromatic amines is 1. The summed E-state index contributed by atoms with van der Waals surface area (Å²) in [6.07, 6.45) is -2.66. The Morgan fingerprint density at radius 3 is 2.64 bits per heavy atom. The van der Waals surface area contributed by atoms with E-state index >= 15 is 0 Å². The molecule has 0 aliphatic heterocycles. The number of hydrogen-bond acceptors (Lipinski definition) is 7. The molecular weight excluding hydrogens is 466 g/mol. The molecule has 0 unspecified atom stereocenters. The van der Waals surface area contributed by atoms with Gasteiger partial charge in [-0.2, -0.15) is 0 Å². The lowest BCUT2D eigenvalue weighted by Gasteiger charge is -2.11. The third-order valence-electron chi connectivity index (χ3n) is 4.98. The molecule has 3 aromatic heterocycles. The normalized spacial score (nSPS) is 11.6. The van der Waals surface area contributed by atoms with Gasteiger partial charge in [0.05, 0.1) is 12.5 Å². The standard InChI is InChI=1S/C23H22F2N4O2S2/c1-11(2)18-9-15-21(30)28-20(29-22(15)33-18)13-5-6-17(31-4)14(8-13)10-32-23-26-12(3)7-16(27-23)19(24)25/h5-9,11,19H,10H2,1-4H3,(H,28,29,30). The summed E-state index contributed by atoms with van der Waals surface area (Å²) in [7, 11) is 1.56. The van der Waals surface area contributed by atoms with E-state index in [2.05, 4.69) is 33.8 Å². The van der Waals surface area contributed by atoms with Gasteiger partial charge in [0.2, 0.25) is 0 Å². The van der Waals surface area contributed by atoms with Gasteiger partial charge in [0, 0.05) is 27.5 Å². The minimum Gasteiger partial charge on any atom is -0.496 e. The van der Waals surface area contributed by atoms with E-state index in [4.69, 9.17) is 4.74 Å².